The van der Waals surface area contributed by atoms with Crippen LogP contribution in [0.3, 0.4) is 0 Å². The maximum atomic E-state index is 13.0. The molecule has 1 saturated carbocycles. The SMILES string of the molecule is CC(CCCN)C1CCC(C(=O)Nc2ccnc3[nH]c(-c4ccccc4)cc23)CC1. The van der Waals surface area contributed by atoms with Crippen LogP contribution in [0.25, 0.3) is 22.3 Å². The van der Waals surface area contributed by atoms with Crippen LogP contribution in [-0.4, -0.2) is 22.4 Å². The van der Waals surface area contributed by atoms with Gasteiger partial charge in [-0.15, -0.1) is 0 Å². The van der Waals surface area contributed by atoms with E-state index in [1.54, 1.807) is 6.20 Å². The minimum Gasteiger partial charge on any atom is -0.339 e. The van der Waals surface area contributed by atoms with E-state index in [4.69, 9.17) is 5.73 Å². The van der Waals surface area contributed by atoms with Crippen molar-refractivity contribution in [3.05, 3.63) is 48.7 Å². The van der Waals surface area contributed by atoms with Gasteiger partial charge in [0.15, 0.2) is 0 Å². The first-order valence-corrected chi connectivity index (χ1v) is 11.2. The molecule has 4 rings (SSSR count). The fraction of sp³-hybridized carbons (Fsp3) is 0.440. The van der Waals surface area contributed by atoms with Crippen molar-refractivity contribution in [1.82, 2.24) is 9.97 Å². The van der Waals surface area contributed by atoms with Gasteiger partial charge in [0, 0.05) is 23.2 Å². The molecule has 1 unspecified atom stereocenters. The molecule has 4 N–H and O–H groups in total. The van der Waals surface area contributed by atoms with Crippen molar-refractivity contribution in [2.24, 2.45) is 23.5 Å². The number of carbonyl (C=O) groups excluding carboxylic acids is 1. The molecule has 0 bridgehead atoms. The van der Waals surface area contributed by atoms with Gasteiger partial charge in [0.1, 0.15) is 5.65 Å². The second-order valence-electron chi connectivity index (χ2n) is 8.68. The number of hydrogen-bond acceptors (Lipinski definition) is 3. The Balaban J connectivity index is 1.42. The first kappa shape index (κ1) is 20.6. The normalized spacial score (nSPS) is 20.2. The summed E-state index contributed by atoms with van der Waals surface area (Å²) in [7, 11) is 0. The molecule has 30 heavy (non-hydrogen) atoms. The van der Waals surface area contributed by atoms with Gasteiger partial charge >= 0.3 is 0 Å². The lowest BCUT2D eigenvalue weighted by atomic mass is 9.75. The van der Waals surface area contributed by atoms with Crippen molar-refractivity contribution in [3.63, 3.8) is 0 Å². The first-order chi connectivity index (χ1) is 14.7. The zero-order valence-corrected chi connectivity index (χ0v) is 17.7. The van der Waals surface area contributed by atoms with Crippen molar-refractivity contribution in [2.75, 3.05) is 11.9 Å². The lowest BCUT2D eigenvalue weighted by molar-refractivity contribution is -0.121. The Morgan fingerprint density at radius 1 is 1.20 bits per heavy atom. The standard InChI is InChI=1S/C25H32N4O/c1-17(6-5-14-26)18-9-11-20(12-10-18)25(30)29-22-13-15-27-24-21(22)16-23(28-24)19-7-3-2-4-8-19/h2-4,7-8,13,15-18,20H,5-6,9-12,14,26H2,1H3,(H2,27,28,29,30). The van der Waals surface area contributed by atoms with E-state index in [9.17, 15) is 4.79 Å². The first-order valence-electron chi connectivity index (χ1n) is 11.2. The van der Waals surface area contributed by atoms with Crippen LogP contribution in [0.15, 0.2) is 48.7 Å². The summed E-state index contributed by atoms with van der Waals surface area (Å²) in [5, 5.41) is 4.13. The van der Waals surface area contributed by atoms with Crippen LogP contribution >= 0.6 is 0 Å². The van der Waals surface area contributed by atoms with E-state index < -0.39 is 0 Å². The summed E-state index contributed by atoms with van der Waals surface area (Å²) < 4.78 is 0. The van der Waals surface area contributed by atoms with Gasteiger partial charge in [0.25, 0.3) is 0 Å². The van der Waals surface area contributed by atoms with E-state index in [1.807, 2.05) is 24.3 Å². The maximum Gasteiger partial charge on any atom is 0.227 e. The van der Waals surface area contributed by atoms with Gasteiger partial charge in [-0.2, -0.15) is 0 Å². The number of nitrogens with one attached hydrogen (secondary N) is 2. The zero-order chi connectivity index (χ0) is 20.9. The van der Waals surface area contributed by atoms with E-state index >= 15 is 0 Å². The molecule has 1 aliphatic rings. The zero-order valence-electron chi connectivity index (χ0n) is 17.7. The van der Waals surface area contributed by atoms with Gasteiger partial charge in [-0.25, -0.2) is 4.98 Å². The lowest BCUT2D eigenvalue weighted by Gasteiger charge is -2.31. The molecule has 1 fully saturated rings. The molecule has 2 heterocycles. The highest BCUT2D eigenvalue weighted by molar-refractivity contribution is 6.02. The Morgan fingerprint density at radius 3 is 2.70 bits per heavy atom. The molecule has 1 atom stereocenters. The number of carbonyl (C=O) groups is 1. The summed E-state index contributed by atoms with van der Waals surface area (Å²) in [6, 6.07) is 14.1. The van der Waals surface area contributed by atoms with Crippen LogP contribution in [0.1, 0.15) is 45.4 Å². The fourth-order valence-corrected chi connectivity index (χ4v) is 4.77. The van der Waals surface area contributed by atoms with Gasteiger partial charge < -0.3 is 16.0 Å². The number of anilines is 1. The molecule has 3 aromatic rings. The summed E-state index contributed by atoms with van der Waals surface area (Å²) in [6.07, 6.45) is 8.26. The van der Waals surface area contributed by atoms with Gasteiger partial charge in [0.2, 0.25) is 5.91 Å². The maximum absolute atomic E-state index is 13.0. The minimum atomic E-state index is 0.0960. The molecule has 1 aliphatic carbocycles. The van der Waals surface area contributed by atoms with E-state index in [0.29, 0.717) is 5.92 Å². The molecular weight excluding hydrogens is 372 g/mol. The molecule has 1 aromatic carbocycles. The van der Waals surface area contributed by atoms with Gasteiger partial charge in [0.05, 0.1) is 5.69 Å². The Labute approximate surface area is 178 Å². The Kier molecular flexibility index (Phi) is 6.48. The number of benzene rings is 1. The van der Waals surface area contributed by atoms with Crippen LogP contribution < -0.4 is 11.1 Å². The molecule has 0 radical (unpaired) electrons. The number of aromatic nitrogens is 2. The summed E-state index contributed by atoms with van der Waals surface area (Å²) in [5.74, 6) is 1.66. The number of amides is 1. The quantitative estimate of drug-likeness (QED) is 0.496. The van der Waals surface area contributed by atoms with E-state index in [-0.39, 0.29) is 11.8 Å². The van der Waals surface area contributed by atoms with Crippen molar-refractivity contribution < 1.29 is 4.79 Å². The number of nitrogens with zero attached hydrogens (tertiary/aromatic N) is 1. The highest BCUT2D eigenvalue weighted by Crippen LogP contribution is 2.36. The topological polar surface area (TPSA) is 83.8 Å². The average molecular weight is 405 g/mol. The molecule has 0 aliphatic heterocycles. The number of fused-ring (bicyclic) bond motifs is 1. The molecule has 1 amide bonds. The van der Waals surface area contributed by atoms with Gasteiger partial charge in [-0.05, 0) is 74.6 Å². The van der Waals surface area contributed by atoms with E-state index in [1.165, 1.54) is 6.42 Å². The van der Waals surface area contributed by atoms with Crippen molar-refractivity contribution >= 4 is 22.6 Å². The predicted molar refractivity (Wildman–Crippen MR) is 123 cm³/mol. The number of hydrogen-bond donors (Lipinski definition) is 3. The predicted octanol–water partition coefficient (Wildman–Crippen LogP) is 5.35. The van der Waals surface area contributed by atoms with Crippen molar-refractivity contribution in [2.45, 2.75) is 45.4 Å². The molecule has 0 saturated heterocycles. The highest BCUT2D eigenvalue weighted by atomic mass is 16.1. The van der Waals surface area contributed by atoms with Crippen LogP contribution in [0, 0.1) is 17.8 Å². The summed E-state index contributed by atoms with van der Waals surface area (Å²) in [4.78, 5) is 20.8. The molecule has 5 nitrogen and oxygen atoms in total. The monoisotopic (exact) mass is 404 g/mol. The van der Waals surface area contributed by atoms with E-state index in [0.717, 1.165) is 72.5 Å². The third-order valence-corrected chi connectivity index (χ3v) is 6.69. The Hall–Kier alpha value is -2.66. The van der Waals surface area contributed by atoms with Crippen LogP contribution in [0.2, 0.25) is 0 Å². The summed E-state index contributed by atoms with van der Waals surface area (Å²) >= 11 is 0. The largest absolute Gasteiger partial charge is 0.339 e. The van der Waals surface area contributed by atoms with Crippen molar-refractivity contribution in [3.8, 4) is 11.3 Å². The number of rotatable bonds is 7. The molecular formula is C25H32N4O. The number of nitrogens with two attached hydrogens (primary N) is 1. The lowest BCUT2D eigenvalue weighted by Crippen LogP contribution is -2.29. The second-order valence-corrected chi connectivity index (χ2v) is 8.68. The van der Waals surface area contributed by atoms with Crippen LogP contribution in [0.4, 0.5) is 5.69 Å². The van der Waals surface area contributed by atoms with Crippen LogP contribution in [0.5, 0.6) is 0 Å². The molecule has 5 heteroatoms. The summed E-state index contributed by atoms with van der Waals surface area (Å²) in [5.41, 5.74) is 9.40. The van der Waals surface area contributed by atoms with Crippen molar-refractivity contribution in [1.29, 1.82) is 0 Å². The van der Waals surface area contributed by atoms with Gasteiger partial charge in [-0.1, -0.05) is 37.3 Å². The second kappa shape index (κ2) is 9.43. The molecule has 0 spiro atoms. The van der Waals surface area contributed by atoms with Crippen LogP contribution in [-0.2, 0) is 4.79 Å². The Bertz CT molecular complexity index is 973. The summed E-state index contributed by atoms with van der Waals surface area (Å²) in [6.45, 7) is 3.11. The molecule has 2 aromatic heterocycles. The Morgan fingerprint density at radius 2 is 1.97 bits per heavy atom. The smallest absolute Gasteiger partial charge is 0.227 e. The number of pyridine rings is 1. The average Bonchev–Trinajstić information content (AvgIpc) is 3.23. The van der Waals surface area contributed by atoms with Gasteiger partial charge in [-0.3, -0.25) is 4.79 Å². The third kappa shape index (κ3) is 4.57. The number of H-pyrrole nitrogens is 1. The number of aromatic amines is 1. The fourth-order valence-electron chi connectivity index (χ4n) is 4.77. The third-order valence-electron chi connectivity index (χ3n) is 6.69. The minimum absolute atomic E-state index is 0.0960. The molecule has 158 valence electrons. The highest BCUT2D eigenvalue weighted by Gasteiger charge is 2.29. The van der Waals surface area contributed by atoms with E-state index in [2.05, 4.69) is 40.4 Å².